The molecule has 1 atom stereocenters. The van der Waals surface area contributed by atoms with Crippen LogP contribution in [0.1, 0.15) is 12.0 Å². The summed E-state index contributed by atoms with van der Waals surface area (Å²) in [6.07, 6.45) is 3.87. The highest BCUT2D eigenvalue weighted by Crippen LogP contribution is 2.25. The number of aromatic nitrogens is 1. The molecule has 1 unspecified atom stereocenters. The zero-order valence-corrected chi connectivity index (χ0v) is 9.58. The van der Waals surface area contributed by atoms with E-state index in [9.17, 15) is 4.79 Å². The van der Waals surface area contributed by atoms with Gasteiger partial charge in [-0.15, -0.1) is 0 Å². The van der Waals surface area contributed by atoms with Crippen molar-refractivity contribution in [2.75, 3.05) is 18.0 Å². The van der Waals surface area contributed by atoms with E-state index in [0.717, 1.165) is 11.3 Å². The van der Waals surface area contributed by atoms with Gasteiger partial charge in [0.2, 0.25) is 5.91 Å². The molecule has 88 valence electrons. The lowest BCUT2D eigenvalue weighted by Gasteiger charge is -2.16. The van der Waals surface area contributed by atoms with Crippen LogP contribution < -0.4 is 4.90 Å². The lowest BCUT2D eigenvalue weighted by molar-refractivity contribution is -0.117. The minimum Gasteiger partial charge on any atom is -0.311 e. The Balaban J connectivity index is 2.12. The number of pyridine rings is 1. The van der Waals surface area contributed by atoms with Crippen molar-refractivity contribution in [2.45, 2.75) is 13.3 Å². The Hall–Kier alpha value is -2.07. The quantitative estimate of drug-likeness (QED) is 0.453. The van der Waals surface area contributed by atoms with Crippen LogP contribution >= 0.6 is 0 Å². The smallest absolute Gasteiger partial charge is 0.227 e. The van der Waals surface area contributed by atoms with Gasteiger partial charge >= 0.3 is 0 Å². The van der Waals surface area contributed by atoms with Crippen molar-refractivity contribution >= 4 is 11.6 Å². The average Bonchev–Trinajstić information content (AvgIpc) is 2.68. The van der Waals surface area contributed by atoms with Crippen molar-refractivity contribution in [3.63, 3.8) is 0 Å². The molecule has 0 saturated carbocycles. The van der Waals surface area contributed by atoms with E-state index in [0.29, 0.717) is 19.5 Å². The molecule has 0 aliphatic carbocycles. The van der Waals surface area contributed by atoms with Gasteiger partial charge in [0.1, 0.15) is 0 Å². The predicted octanol–water partition coefficient (Wildman–Crippen LogP) is 2.05. The van der Waals surface area contributed by atoms with Crippen LogP contribution in [0.5, 0.6) is 0 Å². The van der Waals surface area contributed by atoms with Crippen LogP contribution in [0.2, 0.25) is 0 Å². The predicted molar refractivity (Wildman–Crippen MR) is 63.4 cm³/mol. The molecule has 1 fully saturated rings. The number of aryl methyl sites for hydroxylation is 1. The molecule has 6 heteroatoms. The number of carbonyl (C=O) groups is 1. The molecule has 1 aliphatic heterocycles. The van der Waals surface area contributed by atoms with Crippen LogP contribution in [0.25, 0.3) is 10.4 Å². The molecule has 2 heterocycles. The molecule has 0 spiro atoms. The fourth-order valence-electron chi connectivity index (χ4n) is 1.99. The maximum absolute atomic E-state index is 11.8. The van der Waals surface area contributed by atoms with Crippen LogP contribution in [0.4, 0.5) is 5.69 Å². The number of amides is 1. The molecule has 1 saturated heterocycles. The van der Waals surface area contributed by atoms with E-state index >= 15 is 0 Å². The Bertz CT molecular complexity index is 481. The van der Waals surface area contributed by atoms with E-state index in [1.54, 1.807) is 17.3 Å². The van der Waals surface area contributed by atoms with Gasteiger partial charge in [0.15, 0.2) is 0 Å². The topological polar surface area (TPSA) is 82.0 Å². The van der Waals surface area contributed by atoms with Crippen LogP contribution in [0, 0.1) is 12.8 Å². The summed E-state index contributed by atoms with van der Waals surface area (Å²) in [5.41, 5.74) is 10.1. The van der Waals surface area contributed by atoms with Crippen molar-refractivity contribution in [3.8, 4) is 0 Å². The van der Waals surface area contributed by atoms with E-state index in [1.807, 2.05) is 13.0 Å². The highest BCUT2D eigenvalue weighted by Gasteiger charge is 2.30. The van der Waals surface area contributed by atoms with Crippen molar-refractivity contribution in [1.29, 1.82) is 0 Å². The summed E-state index contributed by atoms with van der Waals surface area (Å²) in [6.45, 7) is 2.91. The molecule has 1 aliphatic rings. The van der Waals surface area contributed by atoms with Crippen LogP contribution in [-0.4, -0.2) is 24.0 Å². The zero-order chi connectivity index (χ0) is 12.3. The van der Waals surface area contributed by atoms with Gasteiger partial charge in [-0.3, -0.25) is 9.78 Å². The molecule has 1 aromatic rings. The van der Waals surface area contributed by atoms with E-state index in [4.69, 9.17) is 5.53 Å². The largest absolute Gasteiger partial charge is 0.311 e. The maximum Gasteiger partial charge on any atom is 0.227 e. The summed E-state index contributed by atoms with van der Waals surface area (Å²) in [5.74, 6) is 0.175. The van der Waals surface area contributed by atoms with Gasteiger partial charge in [0.25, 0.3) is 0 Å². The van der Waals surface area contributed by atoms with Crippen molar-refractivity contribution < 1.29 is 4.79 Å². The van der Waals surface area contributed by atoms with Gasteiger partial charge in [0.05, 0.1) is 11.9 Å². The SMILES string of the molecule is Cc1cncc(N2CC(CN=[N+]=[N-])CC2=O)c1. The lowest BCUT2D eigenvalue weighted by Crippen LogP contribution is -2.24. The third-order valence-corrected chi connectivity index (χ3v) is 2.78. The fraction of sp³-hybridized carbons (Fsp3) is 0.455. The summed E-state index contributed by atoms with van der Waals surface area (Å²) >= 11 is 0. The second-order valence-electron chi connectivity index (χ2n) is 4.21. The van der Waals surface area contributed by atoms with E-state index < -0.39 is 0 Å². The summed E-state index contributed by atoms with van der Waals surface area (Å²) in [7, 11) is 0. The van der Waals surface area contributed by atoms with Crippen molar-refractivity contribution in [3.05, 3.63) is 34.5 Å². The third-order valence-electron chi connectivity index (χ3n) is 2.78. The second-order valence-corrected chi connectivity index (χ2v) is 4.21. The number of carbonyl (C=O) groups excluding carboxylic acids is 1. The normalized spacial score (nSPS) is 19.2. The number of anilines is 1. The van der Waals surface area contributed by atoms with Crippen LogP contribution in [0.15, 0.2) is 23.6 Å². The van der Waals surface area contributed by atoms with Gasteiger partial charge in [-0.1, -0.05) is 5.11 Å². The van der Waals surface area contributed by atoms with Gasteiger partial charge < -0.3 is 4.90 Å². The standard InChI is InChI=1S/C11H13N5O/c1-8-2-10(6-13-4-8)16-7-9(3-11(16)17)5-14-15-12/h2,4,6,9H,3,5,7H2,1H3. The molecular weight excluding hydrogens is 218 g/mol. The third kappa shape index (κ3) is 2.54. The zero-order valence-electron chi connectivity index (χ0n) is 9.58. The molecule has 0 aromatic carbocycles. The minimum atomic E-state index is 0.0653. The van der Waals surface area contributed by atoms with Crippen LogP contribution in [-0.2, 0) is 4.79 Å². The summed E-state index contributed by atoms with van der Waals surface area (Å²) in [4.78, 5) is 20.3. The minimum absolute atomic E-state index is 0.0653. The Morgan fingerprint density at radius 3 is 3.18 bits per heavy atom. The average molecular weight is 231 g/mol. The van der Waals surface area contributed by atoms with Gasteiger partial charge in [0, 0.05) is 30.6 Å². The van der Waals surface area contributed by atoms with Crippen molar-refractivity contribution in [1.82, 2.24) is 4.98 Å². The Morgan fingerprint density at radius 2 is 2.47 bits per heavy atom. The van der Waals surface area contributed by atoms with Gasteiger partial charge in [-0.05, 0) is 30.0 Å². The molecule has 1 aromatic heterocycles. The molecule has 0 radical (unpaired) electrons. The van der Waals surface area contributed by atoms with E-state index in [-0.39, 0.29) is 11.8 Å². The summed E-state index contributed by atoms with van der Waals surface area (Å²) < 4.78 is 0. The molecule has 1 amide bonds. The van der Waals surface area contributed by atoms with E-state index in [2.05, 4.69) is 15.0 Å². The first-order chi connectivity index (χ1) is 8.20. The molecular formula is C11H13N5O. The molecule has 0 N–H and O–H groups in total. The lowest BCUT2D eigenvalue weighted by atomic mass is 10.1. The first-order valence-corrected chi connectivity index (χ1v) is 5.43. The monoisotopic (exact) mass is 231 g/mol. The fourth-order valence-corrected chi connectivity index (χ4v) is 1.99. The Kier molecular flexibility index (Phi) is 3.25. The van der Waals surface area contributed by atoms with Gasteiger partial charge in [-0.2, -0.15) is 0 Å². The number of rotatable bonds is 3. The first kappa shape index (κ1) is 11.4. The molecule has 6 nitrogen and oxygen atoms in total. The number of hydrogen-bond acceptors (Lipinski definition) is 3. The van der Waals surface area contributed by atoms with Crippen molar-refractivity contribution in [2.24, 2.45) is 11.0 Å². The maximum atomic E-state index is 11.8. The number of hydrogen-bond donors (Lipinski definition) is 0. The van der Waals surface area contributed by atoms with Crippen LogP contribution in [0.3, 0.4) is 0 Å². The summed E-state index contributed by atoms with van der Waals surface area (Å²) in [5, 5.41) is 3.52. The molecule has 17 heavy (non-hydrogen) atoms. The highest BCUT2D eigenvalue weighted by atomic mass is 16.2. The first-order valence-electron chi connectivity index (χ1n) is 5.43. The number of nitrogens with zero attached hydrogens (tertiary/aromatic N) is 5. The Morgan fingerprint density at radius 1 is 1.65 bits per heavy atom. The second kappa shape index (κ2) is 4.84. The molecule has 2 rings (SSSR count). The number of azide groups is 1. The highest BCUT2D eigenvalue weighted by molar-refractivity contribution is 5.95. The Labute approximate surface area is 98.9 Å². The van der Waals surface area contributed by atoms with Gasteiger partial charge in [-0.25, -0.2) is 0 Å². The van der Waals surface area contributed by atoms with E-state index in [1.165, 1.54) is 0 Å². The summed E-state index contributed by atoms with van der Waals surface area (Å²) in [6, 6.07) is 1.93. The molecule has 0 bridgehead atoms.